The van der Waals surface area contributed by atoms with Gasteiger partial charge in [-0.2, -0.15) is 0 Å². The molecule has 3 rings (SSSR count). The number of aryl methyl sites for hydroxylation is 1. The van der Waals surface area contributed by atoms with Crippen LogP contribution in [0.15, 0.2) is 72.8 Å². The third-order valence-corrected chi connectivity index (χ3v) is 7.15. The van der Waals surface area contributed by atoms with E-state index in [0.29, 0.717) is 0 Å². The second-order valence-corrected chi connectivity index (χ2v) is 10.7. The molecule has 0 aliphatic carbocycles. The highest BCUT2D eigenvalue weighted by molar-refractivity contribution is 5.73. The van der Waals surface area contributed by atoms with Crippen LogP contribution in [0.5, 0.6) is 5.75 Å². The van der Waals surface area contributed by atoms with E-state index < -0.39 is 0 Å². The molecule has 0 aromatic heterocycles. The van der Waals surface area contributed by atoms with Crippen molar-refractivity contribution in [1.82, 2.24) is 0 Å². The van der Waals surface area contributed by atoms with E-state index in [2.05, 4.69) is 111 Å². The van der Waals surface area contributed by atoms with Crippen LogP contribution in [0.1, 0.15) is 106 Å². The van der Waals surface area contributed by atoms with Gasteiger partial charge < -0.3 is 9.47 Å². The third kappa shape index (κ3) is 13.3. The van der Waals surface area contributed by atoms with Gasteiger partial charge in [-0.15, -0.1) is 0 Å². The van der Waals surface area contributed by atoms with Gasteiger partial charge in [-0.3, -0.25) is 0 Å². The Morgan fingerprint density at radius 3 is 1.48 bits per heavy atom. The Kier molecular flexibility index (Phi) is 15.6. The molecule has 0 spiro atoms. The zero-order valence-corrected chi connectivity index (χ0v) is 25.0. The fraction of sp³-hybridized carbons (Fsp3) is 0.421. The van der Waals surface area contributed by atoms with Crippen molar-refractivity contribution >= 4 is 24.3 Å². The van der Waals surface area contributed by atoms with Crippen molar-refractivity contribution < 1.29 is 9.47 Å². The summed E-state index contributed by atoms with van der Waals surface area (Å²) in [5.74, 6) is 0.958. The minimum atomic E-state index is 0.808. The highest BCUT2D eigenvalue weighted by atomic mass is 16.5. The van der Waals surface area contributed by atoms with Crippen LogP contribution >= 0.6 is 0 Å². The van der Waals surface area contributed by atoms with Crippen molar-refractivity contribution in [2.24, 2.45) is 0 Å². The summed E-state index contributed by atoms with van der Waals surface area (Å²) >= 11 is 0. The molecule has 0 saturated carbocycles. The Hall–Kier alpha value is -3.10. The molecule has 3 aromatic rings. The van der Waals surface area contributed by atoms with E-state index in [1.165, 1.54) is 79.2 Å². The molecule has 2 heteroatoms. The molecular weight excluding hydrogens is 488 g/mol. The number of ether oxygens (including phenoxy) is 2. The maximum absolute atomic E-state index is 5.90. The molecule has 40 heavy (non-hydrogen) atoms. The van der Waals surface area contributed by atoms with Gasteiger partial charge in [0.1, 0.15) is 5.75 Å². The van der Waals surface area contributed by atoms with Crippen LogP contribution in [0.25, 0.3) is 24.3 Å². The molecule has 0 radical (unpaired) electrons. The summed E-state index contributed by atoms with van der Waals surface area (Å²) in [6.07, 6.45) is 22.2. The molecule has 0 saturated heterocycles. The molecule has 0 heterocycles. The van der Waals surface area contributed by atoms with E-state index >= 15 is 0 Å². The quantitative estimate of drug-likeness (QED) is 0.105. The topological polar surface area (TPSA) is 18.5 Å². The fourth-order valence-electron chi connectivity index (χ4n) is 4.53. The molecular formula is C38H50O2. The monoisotopic (exact) mass is 538 g/mol. The van der Waals surface area contributed by atoms with Gasteiger partial charge in [0.2, 0.25) is 0 Å². The Morgan fingerprint density at radius 2 is 0.900 bits per heavy atom. The van der Waals surface area contributed by atoms with E-state index in [1.54, 1.807) is 0 Å². The van der Waals surface area contributed by atoms with E-state index in [4.69, 9.17) is 9.47 Å². The van der Waals surface area contributed by atoms with Crippen LogP contribution in [-0.4, -0.2) is 19.8 Å². The van der Waals surface area contributed by atoms with Gasteiger partial charge in [0, 0.05) is 13.2 Å². The average molecular weight is 539 g/mol. The van der Waals surface area contributed by atoms with Gasteiger partial charge in [-0.1, -0.05) is 137 Å². The SMILES string of the molecule is CCCCCCCCOc1ccc(C=Cc2ccc(C=Cc3ccc(CCCCOCCCC)cc3)cc2)cc1. The van der Waals surface area contributed by atoms with Gasteiger partial charge >= 0.3 is 0 Å². The van der Waals surface area contributed by atoms with Crippen molar-refractivity contribution in [3.8, 4) is 5.75 Å². The largest absolute Gasteiger partial charge is 0.494 e. The van der Waals surface area contributed by atoms with Crippen molar-refractivity contribution in [1.29, 1.82) is 0 Å². The van der Waals surface area contributed by atoms with Crippen LogP contribution in [0.3, 0.4) is 0 Å². The number of hydrogen-bond donors (Lipinski definition) is 0. The normalized spacial score (nSPS) is 11.6. The van der Waals surface area contributed by atoms with Gasteiger partial charge in [0.05, 0.1) is 6.61 Å². The maximum atomic E-state index is 5.90. The smallest absolute Gasteiger partial charge is 0.119 e. The van der Waals surface area contributed by atoms with Crippen LogP contribution in [0, 0.1) is 0 Å². The van der Waals surface area contributed by atoms with E-state index in [-0.39, 0.29) is 0 Å². The molecule has 0 aliphatic rings. The summed E-state index contributed by atoms with van der Waals surface area (Å²) in [7, 11) is 0. The first kappa shape index (κ1) is 31.4. The zero-order chi connectivity index (χ0) is 28.1. The standard InChI is InChI=1S/C38H50O2/c1-3-5-7-8-9-11-32-40-38-28-26-37(27-29-38)25-24-36-22-20-35(21-23-36)19-18-34-16-14-33(15-17-34)13-10-12-31-39-30-6-4-2/h14-29H,3-13,30-32H2,1-2H3. The number of rotatable bonds is 20. The van der Waals surface area contributed by atoms with Crippen molar-refractivity contribution in [3.63, 3.8) is 0 Å². The first-order valence-electron chi connectivity index (χ1n) is 15.6. The highest BCUT2D eigenvalue weighted by Crippen LogP contribution is 2.17. The lowest BCUT2D eigenvalue weighted by atomic mass is 10.0. The molecule has 0 N–H and O–H groups in total. The third-order valence-electron chi connectivity index (χ3n) is 7.15. The minimum absolute atomic E-state index is 0.808. The van der Waals surface area contributed by atoms with Crippen molar-refractivity contribution in [2.75, 3.05) is 19.8 Å². The average Bonchev–Trinajstić information content (AvgIpc) is 3.00. The Balaban J connectivity index is 1.36. The van der Waals surface area contributed by atoms with Gasteiger partial charge in [-0.05, 0) is 72.1 Å². The van der Waals surface area contributed by atoms with Crippen molar-refractivity contribution in [2.45, 2.75) is 84.5 Å². The molecule has 0 amide bonds. The fourth-order valence-corrected chi connectivity index (χ4v) is 4.53. The van der Waals surface area contributed by atoms with E-state index in [9.17, 15) is 0 Å². The highest BCUT2D eigenvalue weighted by Gasteiger charge is 1.97. The van der Waals surface area contributed by atoms with Gasteiger partial charge in [0.25, 0.3) is 0 Å². The molecule has 0 fully saturated rings. The predicted octanol–water partition coefficient (Wildman–Crippen LogP) is 10.9. The van der Waals surface area contributed by atoms with Crippen LogP contribution < -0.4 is 4.74 Å². The summed E-state index contributed by atoms with van der Waals surface area (Å²) in [6.45, 7) is 7.06. The molecule has 214 valence electrons. The first-order valence-corrected chi connectivity index (χ1v) is 15.6. The lowest BCUT2D eigenvalue weighted by Crippen LogP contribution is -1.97. The number of benzene rings is 3. The van der Waals surface area contributed by atoms with Gasteiger partial charge in [-0.25, -0.2) is 0 Å². The second-order valence-electron chi connectivity index (χ2n) is 10.7. The lowest BCUT2D eigenvalue weighted by Gasteiger charge is -2.06. The zero-order valence-electron chi connectivity index (χ0n) is 25.0. The summed E-state index contributed by atoms with van der Waals surface area (Å²) < 4.78 is 11.6. The number of hydrogen-bond acceptors (Lipinski definition) is 2. The predicted molar refractivity (Wildman–Crippen MR) is 175 cm³/mol. The molecule has 0 bridgehead atoms. The maximum Gasteiger partial charge on any atom is 0.119 e. The van der Waals surface area contributed by atoms with Crippen molar-refractivity contribution in [3.05, 3.63) is 101 Å². The first-order chi connectivity index (χ1) is 19.8. The molecule has 0 unspecified atom stereocenters. The number of unbranched alkanes of at least 4 members (excludes halogenated alkanes) is 7. The molecule has 3 aromatic carbocycles. The molecule has 0 atom stereocenters. The lowest BCUT2D eigenvalue weighted by molar-refractivity contribution is 0.127. The summed E-state index contributed by atoms with van der Waals surface area (Å²) in [5.41, 5.74) is 6.21. The van der Waals surface area contributed by atoms with Gasteiger partial charge in [0.15, 0.2) is 0 Å². The summed E-state index contributed by atoms with van der Waals surface area (Å²) in [5, 5.41) is 0. The van der Waals surface area contributed by atoms with E-state index in [1.807, 2.05) is 0 Å². The van der Waals surface area contributed by atoms with Crippen LogP contribution in [-0.2, 0) is 11.2 Å². The minimum Gasteiger partial charge on any atom is -0.494 e. The molecule has 0 aliphatic heterocycles. The Labute approximate surface area is 244 Å². The summed E-state index contributed by atoms with van der Waals surface area (Å²) in [4.78, 5) is 0. The van der Waals surface area contributed by atoms with Crippen LogP contribution in [0.4, 0.5) is 0 Å². The second kappa shape index (κ2) is 19.9. The Morgan fingerprint density at radius 1 is 0.450 bits per heavy atom. The van der Waals surface area contributed by atoms with E-state index in [0.717, 1.165) is 44.8 Å². The molecule has 2 nitrogen and oxygen atoms in total. The Bertz CT molecular complexity index is 1000. The summed E-state index contributed by atoms with van der Waals surface area (Å²) in [6, 6.07) is 26.0. The van der Waals surface area contributed by atoms with Crippen LogP contribution in [0.2, 0.25) is 0 Å².